The van der Waals surface area contributed by atoms with Crippen LogP contribution in [0.2, 0.25) is 0 Å². The van der Waals surface area contributed by atoms with Crippen molar-refractivity contribution in [2.75, 3.05) is 23.4 Å². The second-order valence-electron chi connectivity index (χ2n) is 4.39. The van der Waals surface area contributed by atoms with E-state index in [2.05, 4.69) is 17.2 Å². The number of carbonyl (C=O) groups excluding carboxylic acids is 1. The normalized spacial score (nSPS) is 12.5. The number of hydrogen-bond donors (Lipinski definition) is 2. The molecule has 1 atom stereocenters. The second-order valence-corrected chi connectivity index (χ2v) is 6.45. The van der Waals surface area contributed by atoms with E-state index in [1.54, 1.807) is 11.8 Å². The molecular weight excluding hydrogens is 278 g/mol. The zero-order valence-electron chi connectivity index (χ0n) is 10.8. The highest BCUT2D eigenvalue weighted by atomic mass is 32.2. The minimum absolute atomic E-state index is 0.00622. The monoisotopic (exact) mass is 295 g/mol. The van der Waals surface area contributed by atoms with Crippen molar-refractivity contribution in [3.05, 3.63) is 24.3 Å². The molecule has 1 heterocycles. The summed E-state index contributed by atoms with van der Waals surface area (Å²) in [5.41, 5.74) is 6.46. The predicted octanol–water partition coefficient (Wildman–Crippen LogP) is 2.56. The minimum Gasteiger partial charge on any atom is -0.330 e. The third kappa shape index (κ3) is 4.19. The Morgan fingerprint density at radius 2 is 2.32 bits per heavy atom. The van der Waals surface area contributed by atoms with Gasteiger partial charge in [-0.25, -0.2) is 4.98 Å². The third-order valence-corrected chi connectivity index (χ3v) is 4.80. The Balaban J connectivity index is 1.85. The summed E-state index contributed by atoms with van der Waals surface area (Å²) < 4.78 is 1.09. The quantitative estimate of drug-likeness (QED) is 0.859. The summed E-state index contributed by atoms with van der Waals surface area (Å²) in [5.74, 6) is 1.79. The van der Waals surface area contributed by atoms with Gasteiger partial charge in [0.15, 0.2) is 5.13 Å². The first-order valence-electron chi connectivity index (χ1n) is 6.12. The lowest BCUT2D eigenvalue weighted by Crippen LogP contribution is -2.17. The maximum Gasteiger partial charge on any atom is 0.236 e. The van der Waals surface area contributed by atoms with Crippen molar-refractivity contribution in [3.63, 3.8) is 0 Å². The van der Waals surface area contributed by atoms with Gasteiger partial charge in [-0.2, -0.15) is 11.8 Å². The average Bonchev–Trinajstić information content (AvgIpc) is 2.80. The van der Waals surface area contributed by atoms with Crippen LogP contribution in [0.1, 0.15) is 6.92 Å². The van der Waals surface area contributed by atoms with Gasteiger partial charge < -0.3 is 11.1 Å². The number of carbonyl (C=O) groups is 1. The fourth-order valence-corrected chi connectivity index (χ4v) is 3.30. The van der Waals surface area contributed by atoms with Gasteiger partial charge >= 0.3 is 0 Å². The van der Waals surface area contributed by atoms with Gasteiger partial charge in [0, 0.05) is 0 Å². The van der Waals surface area contributed by atoms with Gasteiger partial charge in [0.05, 0.1) is 16.0 Å². The topological polar surface area (TPSA) is 68.0 Å². The highest BCUT2D eigenvalue weighted by Crippen LogP contribution is 2.25. The molecular formula is C13H17N3OS2. The number of fused-ring (bicyclic) bond motifs is 1. The van der Waals surface area contributed by atoms with E-state index < -0.39 is 0 Å². The number of aromatic nitrogens is 1. The number of benzene rings is 1. The number of anilines is 1. The Morgan fingerprint density at radius 1 is 1.53 bits per heavy atom. The van der Waals surface area contributed by atoms with Gasteiger partial charge in [0.25, 0.3) is 0 Å². The van der Waals surface area contributed by atoms with E-state index in [0.717, 1.165) is 16.0 Å². The lowest BCUT2D eigenvalue weighted by atomic mass is 10.2. The van der Waals surface area contributed by atoms with Crippen molar-refractivity contribution in [2.24, 2.45) is 11.7 Å². The van der Waals surface area contributed by atoms with E-state index in [1.165, 1.54) is 11.3 Å². The molecule has 1 aromatic heterocycles. The zero-order valence-corrected chi connectivity index (χ0v) is 12.4. The summed E-state index contributed by atoms with van der Waals surface area (Å²) in [6.07, 6.45) is 0. The Labute approximate surface area is 120 Å². The number of nitrogens with two attached hydrogens (primary N) is 1. The van der Waals surface area contributed by atoms with Crippen LogP contribution in [-0.4, -0.2) is 28.9 Å². The molecule has 6 heteroatoms. The molecule has 0 radical (unpaired) electrons. The molecule has 0 bridgehead atoms. The van der Waals surface area contributed by atoms with Crippen LogP contribution >= 0.6 is 23.1 Å². The second kappa shape index (κ2) is 6.88. The first-order chi connectivity index (χ1) is 9.19. The first kappa shape index (κ1) is 14.3. The third-order valence-electron chi connectivity index (χ3n) is 2.58. The Hall–Kier alpha value is -1.11. The molecule has 0 aliphatic rings. The van der Waals surface area contributed by atoms with Gasteiger partial charge in [-0.15, -0.1) is 0 Å². The average molecular weight is 295 g/mol. The van der Waals surface area contributed by atoms with E-state index >= 15 is 0 Å². The molecule has 2 rings (SSSR count). The van der Waals surface area contributed by atoms with Crippen LogP contribution < -0.4 is 11.1 Å². The lowest BCUT2D eigenvalue weighted by molar-refractivity contribution is -0.113. The number of rotatable bonds is 6. The van der Waals surface area contributed by atoms with Crippen molar-refractivity contribution < 1.29 is 4.79 Å². The molecule has 0 saturated carbocycles. The smallest absolute Gasteiger partial charge is 0.236 e. The molecule has 0 fully saturated rings. The van der Waals surface area contributed by atoms with E-state index in [9.17, 15) is 4.79 Å². The summed E-state index contributed by atoms with van der Waals surface area (Å²) in [5, 5.41) is 3.50. The van der Waals surface area contributed by atoms with Crippen molar-refractivity contribution in [1.82, 2.24) is 4.98 Å². The fourth-order valence-electron chi connectivity index (χ4n) is 1.50. The number of nitrogens with zero attached hydrogens (tertiary/aromatic N) is 1. The Morgan fingerprint density at radius 3 is 3.05 bits per heavy atom. The molecule has 0 saturated heterocycles. The van der Waals surface area contributed by atoms with Crippen LogP contribution in [0.25, 0.3) is 10.2 Å². The van der Waals surface area contributed by atoms with Gasteiger partial charge in [-0.3, -0.25) is 4.79 Å². The molecule has 1 aromatic carbocycles. The highest BCUT2D eigenvalue weighted by molar-refractivity contribution is 7.99. The molecule has 2 aromatic rings. The summed E-state index contributed by atoms with van der Waals surface area (Å²) >= 11 is 3.10. The van der Waals surface area contributed by atoms with Crippen LogP contribution in [0.5, 0.6) is 0 Å². The van der Waals surface area contributed by atoms with E-state index in [1.807, 2.05) is 24.3 Å². The van der Waals surface area contributed by atoms with Gasteiger partial charge in [-0.05, 0) is 30.3 Å². The minimum atomic E-state index is -0.00622. The van der Waals surface area contributed by atoms with E-state index in [0.29, 0.717) is 23.3 Å². The van der Waals surface area contributed by atoms with Crippen LogP contribution in [-0.2, 0) is 4.79 Å². The fraction of sp³-hybridized carbons (Fsp3) is 0.385. The summed E-state index contributed by atoms with van der Waals surface area (Å²) in [6.45, 7) is 2.74. The van der Waals surface area contributed by atoms with E-state index in [4.69, 9.17) is 5.73 Å². The number of para-hydroxylation sites is 1. The van der Waals surface area contributed by atoms with E-state index in [-0.39, 0.29) is 5.91 Å². The molecule has 19 heavy (non-hydrogen) atoms. The Bertz CT molecular complexity index is 523. The van der Waals surface area contributed by atoms with Crippen molar-refractivity contribution in [1.29, 1.82) is 0 Å². The predicted molar refractivity (Wildman–Crippen MR) is 83.8 cm³/mol. The number of amides is 1. The molecule has 0 spiro atoms. The van der Waals surface area contributed by atoms with Crippen LogP contribution in [0.3, 0.4) is 0 Å². The SMILES string of the molecule is CC(CN)CSCC(=O)Nc1nc2ccccc2s1. The van der Waals surface area contributed by atoms with Crippen molar-refractivity contribution in [2.45, 2.75) is 6.92 Å². The molecule has 102 valence electrons. The Kier molecular flexibility index (Phi) is 5.18. The number of thioether (sulfide) groups is 1. The van der Waals surface area contributed by atoms with Gasteiger partial charge in [0.1, 0.15) is 0 Å². The molecule has 0 aliphatic carbocycles. The molecule has 3 N–H and O–H groups in total. The van der Waals surface area contributed by atoms with Crippen LogP contribution in [0.4, 0.5) is 5.13 Å². The number of nitrogens with one attached hydrogen (secondary N) is 1. The largest absolute Gasteiger partial charge is 0.330 e. The van der Waals surface area contributed by atoms with Gasteiger partial charge in [0.2, 0.25) is 5.91 Å². The van der Waals surface area contributed by atoms with Crippen LogP contribution in [0, 0.1) is 5.92 Å². The first-order valence-corrected chi connectivity index (χ1v) is 8.09. The number of hydrogen-bond acceptors (Lipinski definition) is 5. The van der Waals surface area contributed by atoms with Crippen molar-refractivity contribution in [3.8, 4) is 0 Å². The summed E-state index contributed by atoms with van der Waals surface area (Å²) in [6, 6.07) is 7.85. The molecule has 4 nitrogen and oxygen atoms in total. The molecule has 1 unspecified atom stereocenters. The maximum atomic E-state index is 11.8. The maximum absolute atomic E-state index is 11.8. The molecule has 0 aliphatic heterocycles. The van der Waals surface area contributed by atoms with Crippen molar-refractivity contribution >= 4 is 44.4 Å². The number of thiazole rings is 1. The van der Waals surface area contributed by atoms with Crippen LogP contribution in [0.15, 0.2) is 24.3 Å². The summed E-state index contributed by atoms with van der Waals surface area (Å²) in [4.78, 5) is 16.1. The highest BCUT2D eigenvalue weighted by Gasteiger charge is 2.08. The standard InChI is InChI=1S/C13H17N3OS2/c1-9(6-14)7-18-8-12(17)16-13-15-10-4-2-3-5-11(10)19-13/h2-5,9H,6-8,14H2,1H3,(H,15,16,17). The van der Waals surface area contributed by atoms with Gasteiger partial charge in [-0.1, -0.05) is 30.4 Å². The zero-order chi connectivity index (χ0) is 13.7. The lowest BCUT2D eigenvalue weighted by Gasteiger charge is -2.06. The molecule has 1 amide bonds. The summed E-state index contributed by atoms with van der Waals surface area (Å²) in [7, 11) is 0.